The van der Waals surface area contributed by atoms with E-state index in [1.807, 2.05) is 25.1 Å². The molecule has 2 aliphatic rings. The van der Waals surface area contributed by atoms with E-state index in [0.29, 0.717) is 37.3 Å². The lowest BCUT2D eigenvalue weighted by atomic mass is 10.1. The zero-order chi connectivity index (χ0) is 21.3. The molecule has 2 heterocycles. The first kappa shape index (κ1) is 20.7. The number of aryl methyl sites for hydroxylation is 1. The SMILES string of the molecule is Cc1ccc2c(c1)C(=O)N(CCS(=O)(=O)N1CCN(Cc3ccccc3)CC1)C2=O. The third-order valence-electron chi connectivity index (χ3n) is 5.67. The molecular weight excluding hydrogens is 402 g/mol. The Labute approximate surface area is 176 Å². The molecule has 0 bridgehead atoms. The van der Waals surface area contributed by atoms with Crippen molar-refractivity contribution in [3.05, 3.63) is 70.8 Å². The number of fused-ring (bicyclic) bond motifs is 1. The summed E-state index contributed by atoms with van der Waals surface area (Å²) in [5.41, 5.74) is 2.79. The molecule has 2 aromatic carbocycles. The molecule has 4 rings (SSSR count). The van der Waals surface area contributed by atoms with Gasteiger partial charge in [0.2, 0.25) is 10.0 Å². The van der Waals surface area contributed by atoms with Gasteiger partial charge in [-0.2, -0.15) is 4.31 Å². The molecule has 158 valence electrons. The average Bonchev–Trinajstić information content (AvgIpc) is 2.97. The largest absolute Gasteiger partial charge is 0.296 e. The fourth-order valence-corrected chi connectivity index (χ4v) is 5.34. The molecule has 0 radical (unpaired) electrons. The highest BCUT2D eigenvalue weighted by atomic mass is 32.2. The molecule has 2 aromatic rings. The molecule has 2 amide bonds. The van der Waals surface area contributed by atoms with Crippen molar-refractivity contribution < 1.29 is 18.0 Å². The van der Waals surface area contributed by atoms with Crippen molar-refractivity contribution in [1.82, 2.24) is 14.1 Å². The predicted octanol–water partition coefficient (Wildman–Crippen LogP) is 1.74. The zero-order valence-electron chi connectivity index (χ0n) is 17.0. The Hall–Kier alpha value is -2.55. The van der Waals surface area contributed by atoms with E-state index in [2.05, 4.69) is 17.0 Å². The first-order valence-electron chi connectivity index (χ1n) is 10.1. The first-order valence-corrected chi connectivity index (χ1v) is 11.7. The van der Waals surface area contributed by atoms with Crippen LogP contribution in [0.25, 0.3) is 0 Å². The van der Waals surface area contributed by atoms with Crippen molar-refractivity contribution in [2.24, 2.45) is 0 Å². The van der Waals surface area contributed by atoms with Gasteiger partial charge in [-0.1, -0.05) is 42.0 Å². The number of hydrogen-bond donors (Lipinski definition) is 0. The Morgan fingerprint density at radius 2 is 1.53 bits per heavy atom. The van der Waals surface area contributed by atoms with Gasteiger partial charge >= 0.3 is 0 Å². The molecule has 0 N–H and O–H groups in total. The van der Waals surface area contributed by atoms with Gasteiger partial charge in [0.1, 0.15) is 0 Å². The maximum Gasteiger partial charge on any atom is 0.261 e. The Kier molecular flexibility index (Phi) is 5.73. The Balaban J connectivity index is 1.33. The molecule has 0 spiro atoms. The highest BCUT2D eigenvalue weighted by Crippen LogP contribution is 2.24. The number of carbonyl (C=O) groups excluding carboxylic acids is 2. The number of hydrogen-bond acceptors (Lipinski definition) is 5. The fraction of sp³-hybridized carbons (Fsp3) is 0.364. The van der Waals surface area contributed by atoms with E-state index in [4.69, 9.17) is 0 Å². The molecule has 0 aromatic heterocycles. The lowest BCUT2D eigenvalue weighted by Crippen LogP contribution is -2.50. The van der Waals surface area contributed by atoms with Crippen LogP contribution in [0.3, 0.4) is 0 Å². The van der Waals surface area contributed by atoms with Crippen molar-refractivity contribution in [3.8, 4) is 0 Å². The summed E-state index contributed by atoms with van der Waals surface area (Å²) in [6.45, 7) is 4.65. The van der Waals surface area contributed by atoms with Crippen molar-refractivity contribution in [1.29, 1.82) is 0 Å². The van der Waals surface area contributed by atoms with Crippen LogP contribution < -0.4 is 0 Å². The van der Waals surface area contributed by atoms with Crippen LogP contribution in [0.5, 0.6) is 0 Å². The molecule has 1 fully saturated rings. The first-order chi connectivity index (χ1) is 14.3. The van der Waals surface area contributed by atoms with Crippen LogP contribution in [0, 0.1) is 6.92 Å². The number of imide groups is 1. The summed E-state index contributed by atoms with van der Waals surface area (Å²) in [6, 6.07) is 15.2. The van der Waals surface area contributed by atoms with E-state index < -0.39 is 21.8 Å². The second kappa shape index (κ2) is 8.29. The van der Waals surface area contributed by atoms with Crippen LogP contribution in [0.1, 0.15) is 31.8 Å². The highest BCUT2D eigenvalue weighted by Gasteiger charge is 2.37. The van der Waals surface area contributed by atoms with Crippen LogP contribution >= 0.6 is 0 Å². The molecule has 2 aliphatic heterocycles. The third-order valence-corrected chi connectivity index (χ3v) is 7.52. The van der Waals surface area contributed by atoms with Gasteiger partial charge in [-0.3, -0.25) is 19.4 Å². The maximum absolute atomic E-state index is 12.8. The van der Waals surface area contributed by atoms with Crippen LogP contribution in [0.2, 0.25) is 0 Å². The lowest BCUT2D eigenvalue weighted by Gasteiger charge is -2.34. The molecule has 1 saturated heterocycles. The third kappa shape index (κ3) is 4.16. The highest BCUT2D eigenvalue weighted by molar-refractivity contribution is 7.89. The van der Waals surface area contributed by atoms with Crippen molar-refractivity contribution in [3.63, 3.8) is 0 Å². The van der Waals surface area contributed by atoms with Gasteiger partial charge in [0, 0.05) is 39.3 Å². The van der Waals surface area contributed by atoms with E-state index in [9.17, 15) is 18.0 Å². The molecule has 7 nitrogen and oxygen atoms in total. The van der Waals surface area contributed by atoms with Crippen molar-refractivity contribution >= 4 is 21.8 Å². The molecule has 30 heavy (non-hydrogen) atoms. The second-order valence-corrected chi connectivity index (χ2v) is 9.88. The number of sulfonamides is 1. The number of carbonyl (C=O) groups is 2. The number of benzene rings is 2. The number of amides is 2. The minimum atomic E-state index is -3.55. The summed E-state index contributed by atoms with van der Waals surface area (Å²) in [4.78, 5) is 28.4. The van der Waals surface area contributed by atoms with Gasteiger partial charge in [-0.05, 0) is 24.6 Å². The van der Waals surface area contributed by atoms with Crippen LogP contribution in [0.15, 0.2) is 48.5 Å². The summed E-state index contributed by atoms with van der Waals surface area (Å²) in [7, 11) is -3.55. The van der Waals surface area contributed by atoms with Crippen molar-refractivity contribution in [2.45, 2.75) is 13.5 Å². The molecule has 0 atom stereocenters. The van der Waals surface area contributed by atoms with Crippen LogP contribution in [-0.4, -0.2) is 72.8 Å². The molecule has 0 saturated carbocycles. The minimum absolute atomic E-state index is 0.127. The van der Waals surface area contributed by atoms with E-state index in [1.165, 1.54) is 9.87 Å². The Morgan fingerprint density at radius 3 is 2.23 bits per heavy atom. The molecular formula is C22H25N3O4S. The predicted molar refractivity (Wildman–Crippen MR) is 114 cm³/mol. The smallest absolute Gasteiger partial charge is 0.261 e. The summed E-state index contributed by atoms with van der Waals surface area (Å²) >= 11 is 0. The quantitative estimate of drug-likeness (QED) is 0.657. The molecule has 0 aliphatic carbocycles. The van der Waals surface area contributed by atoms with Crippen LogP contribution in [0.4, 0.5) is 0 Å². The average molecular weight is 428 g/mol. The normalized spacial score (nSPS) is 18.1. The standard InChI is InChI=1S/C22H25N3O4S/c1-17-7-8-19-20(15-17)22(27)25(21(19)26)13-14-30(28,29)24-11-9-23(10-12-24)16-18-5-3-2-4-6-18/h2-8,15H,9-14,16H2,1H3. The van der Waals surface area contributed by atoms with Gasteiger partial charge in [0.05, 0.1) is 16.9 Å². The number of rotatable bonds is 6. The summed E-state index contributed by atoms with van der Waals surface area (Å²) in [5.74, 6) is -1.09. The molecule has 0 unspecified atom stereocenters. The lowest BCUT2D eigenvalue weighted by molar-refractivity contribution is 0.0663. The topological polar surface area (TPSA) is 78.0 Å². The summed E-state index contributed by atoms with van der Waals surface area (Å²) < 4.78 is 27.1. The number of nitrogens with zero attached hydrogens (tertiary/aromatic N) is 3. The van der Waals surface area contributed by atoms with E-state index in [0.717, 1.165) is 17.0 Å². The second-order valence-electron chi connectivity index (χ2n) is 7.79. The van der Waals surface area contributed by atoms with E-state index in [1.54, 1.807) is 18.2 Å². The summed E-state index contributed by atoms with van der Waals surface area (Å²) in [6.07, 6.45) is 0. The van der Waals surface area contributed by atoms with Gasteiger partial charge < -0.3 is 0 Å². The van der Waals surface area contributed by atoms with E-state index >= 15 is 0 Å². The maximum atomic E-state index is 12.8. The van der Waals surface area contributed by atoms with Gasteiger partial charge in [0.25, 0.3) is 11.8 Å². The Morgan fingerprint density at radius 1 is 0.867 bits per heavy atom. The van der Waals surface area contributed by atoms with Gasteiger partial charge in [0.15, 0.2) is 0 Å². The van der Waals surface area contributed by atoms with Crippen LogP contribution in [-0.2, 0) is 16.6 Å². The number of piperazine rings is 1. The van der Waals surface area contributed by atoms with E-state index in [-0.39, 0.29) is 12.3 Å². The minimum Gasteiger partial charge on any atom is -0.296 e. The van der Waals surface area contributed by atoms with Crippen molar-refractivity contribution in [2.75, 3.05) is 38.5 Å². The molecule has 8 heteroatoms. The monoisotopic (exact) mass is 427 g/mol. The van der Waals surface area contributed by atoms with Gasteiger partial charge in [-0.25, -0.2) is 8.42 Å². The Bertz CT molecular complexity index is 1060. The fourth-order valence-electron chi connectivity index (χ4n) is 3.95. The van der Waals surface area contributed by atoms with Gasteiger partial charge in [-0.15, -0.1) is 0 Å². The summed E-state index contributed by atoms with van der Waals surface area (Å²) in [5, 5.41) is 0. The zero-order valence-corrected chi connectivity index (χ0v) is 17.8.